The third kappa shape index (κ3) is 6.89. The molecule has 0 radical (unpaired) electrons. The van der Waals surface area contributed by atoms with Crippen LogP contribution in [0.25, 0.3) is 0 Å². The summed E-state index contributed by atoms with van der Waals surface area (Å²) in [6.07, 6.45) is 10.9. The molecule has 5 fully saturated rings. The first-order valence-corrected chi connectivity index (χ1v) is 20.3. The molecule has 9 atom stereocenters. The number of carbonyl (C=O) groups excluding carboxylic acids is 5. The Kier molecular flexibility index (Phi) is 11.0. The van der Waals surface area contributed by atoms with Crippen LogP contribution in [0, 0.1) is 29.1 Å². The number of imide groups is 1. The van der Waals surface area contributed by atoms with Crippen molar-refractivity contribution in [1.29, 1.82) is 0 Å². The van der Waals surface area contributed by atoms with E-state index < -0.39 is 52.5 Å². The number of halogens is 1. The molecule has 4 aliphatic carbocycles. The van der Waals surface area contributed by atoms with Crippen molar-refractivity contribution < 1.29 is 43.3 Å². The van der Waals surface area contributed by atoms with Crippen molar-refractivity contribution in [3.05, 3.63) is 48.1 Å². The summed E-state index contributed by atoms with van der Waals surface area (Å²) in [6, 6.07) is 6.46. The van der Waals surface area contributed by atoms with Crippen LogP contribution in [0.15, 0.2) is 48.1 Å². The number of ether oxygens (including phenoxy) is 1. The molecule has 13 heteroatoms. The molecule has 0 bridgehead atoms. The number of amides is 5. The van der Waals surface area contributed by atoms with Gasteiger partial charge in [0.2, 0.25) is 11.8 Å². The zero-order valence-corrected chi connectivity index (χ0v) is 31.9. The number of allylic oxidation sites excluding steroid dienone is 4. The Morgan fingerprint density at radius 3 is 2.45 bits per heavy atom. The second-order valence-corrected chi connectivity index (χ2v) is 16.8. The van der Waals surface area contributed by atoms with E-state index in [1.54, 1.807) is 17.9 Å². The Morgan fingerprint density at radius 1 is 0.982 bits per heavy atom. The van der Waals surface area contributed by atoms with Gasteiger partial charge < -0.3 is 25.2 Å². The fourth-order valence-electron chi connectivity index (χ4n) is 10.8. The number of unbranched alkanes of at least 4 members (excludes halogenated alkanes) is 5. The summed E-state index contributed by atoms with van der Waals surface area (Å²) in [5.41, 5.74) is -3.30. The van der Waals surface area contributed by atoms with E-state index in [-0.39, 0.29) is 42.4 Å². The van der Waals surface area contributed by atoms with Gasteiger partial charge in [-0.15, -0.1) is 0 Å². The number of nitrogens with zero attached hydrogens (tertiary/aromatic N) is 2. The number of piperidine rings is 1. The minimum atomic E-state index is -1.97. The zero-order valence-electron chi connectivity index (χ0n) is 31.9. The summed E-state index contributed by atoms with van der Waals surface area (Å²) >= 11 is 0. The van der Waals surface area contributed by atoms with Gasteiger partial charge in [-0.3, -0.25) is 29.4 Å². The maximum atomic E-state index is 17.2. The number of urea groups is 1. The Balaban J connectivity index is 0.791. The molecule has 55 heavy (non-hydrogen) atoms. The number of nitrogens with one attached hydrogen (secondary N) is 2. The molecule has 0 spiro atoms. The Hall–Kier alpha value is -4.10. The summed E-state index contributed by atoms with van der Waals surface area (Å²) < 4.78 is 23.2. The van der Waals surface area contributed by atoms with E-state index in [9.17, 15) is 34.2 Å². The van der Waals surface area contributed by atoms with Crippen molar-refractivity contribution in [3.8, 4) is 5.75 Å². The van der Waals surface area contributed by atoms with E-state index in [2.05, 4.69) is 10.6 Å². The molecule has 1 unspecified atom stereocenters. The first-order valence-electron chi connectivity index (χ1n) is 20.3. The number of anilines is 1. The minimum absolute atomic E-state index is 0.00173. The standard InChI is InChI=1S/C42H55FN4O8/c1-26-23-31-32-14-9-27-24-29(48)17-18-40(27,2)42(32,43)35(49)25-33(31)41(26,54)38(52)44-19-7-5-3-4-6-8-22-55-30-12-10-28(11-13-30)46-20-21-47(39(46)53)34-15-16-36(50)45-37(34)51/h10-13,17-18,24,26,31-35,49,54H,3-9,14-16,19-23,25H2,1-2H3,(H,44,52)(H,45,50,51)/t26-,31-,32+,33+,34?,35+,40+,41-,42+/m1/s1. The van der Waals surface area contributed by atoms with Crippen molar-refractivity contribution in [2.45, 2.75) is 114 Å². The second kappa shape index (κ2) is 15.4. The smallest absolute Gasteiger partial charge is 0.325 e. The van der Waals surface area contributed by atoms with E-state index in [1.165, 1.54) is 17.1 Å². The third-order valence-electron chi connectivity index (χ3n) is 13.8. The van der Waals surface area contributed by atoms with Crippen LogP contribution in [0.1, 0.15) is 90.9 Å². The number of hydrogen-bond donors (Lipinski definition) is 4. The summed E-state index contributed by atoms with van der Waals surface area (Å²) in [5, 5.41) is 28.6. The Bertz CT molecular complexity index is 1750. The number of carbonyl (C=O) groups is 5. The predicted molar refractivity (Wildman–Crippen MR) is 202 cm³/mol. The van der Waals surface area contributed by atoms with Gasteiger partial charge in [0, 0.05) is 49.0 Å². The molecular weight excluding hydrogens is 707 g/mol. The predicted octanol–water partition coefficient (Wildman–Crippen LogP) is 4.53. The van der Waals surface area contributed by atoms with Crippen LogP contribution in [-0.2, 0) is 19.2 Å². The summed E-state index contributed by atoms with van der Waals surface area (Å²) in [4.78, 5) is 65.6. The van der Waals surface area contributed by atoms with Crippen LogP contribution in [0.4, 0.5) is 14.9 Å². The summed E-state index contributed by atoms with van der Waals surface area (Å²) in [5.74, 6) is -2.29. The van der Waals surface area contributed by atoms with Crippen LogP contribution in [0.3, 0.4) is 0 Å². The highest BCUT2D eigenvalue weighted by atomic mass is 19.1. The number of alkyl halides is 1. The SMILES string of the molecule is C[C@@H]1C[C@H]2[C@H](C[C@H](O)[C@@]3(F)[C@H]2CCC2=CC(=O)C=C[C@@]23C)[C@@]1(O)C(=O)NCCCCCCCCOc1ccc(N2CCN(C3CCC(=O)NC3=O)C2=O)cc1. The fraction of sp³-hybridized carbons (Fsp3) is 0.643. The molecule has 2 heterocycles. The van der Waals surface area contributed by atoms with Gasteiger partial charge in [-0.2, -0.15) is 0 Å². The third-order valence-corrected chi connectivity index (χ3v) is 13.8. The van der Waals surface area contributed by atoms with Gasteiger partial charge in [0.15, 0.2) is 11.5 Å². The largest absolute Gasteiger partial charge is 0.494 e. The van der Waals surface area contributed by atoms with E-state index in [4.69, 9.17) is 4.74 Å². The lowest BCUT2D eigenvalue weighted by atomic mass is 9.48. The van der Waals surface area contributed by atoms with Crippen LogP contribution in [0.2, 0.25) is 0 Å². The maximum Gasteiger partial charge on any atom is 0.325 e. The lowest BCUT2D eigenvalue weighted by molar-refractivity contribution is -0.191. The highest BCUT2D eigenvalue weighted by Crippen LogP contribution is 2.66. The molecule has 0 aromatic heterocycles. The van der Waals surface area contributed by atoms with Crippen LogP contribution < -0.4 is 20.3 Å². The zero-order chi connectivity index (χ0) is 39.1. The van der Waals surface area contributed by atoms with Crippen molar-refractivity contribution >= 4 is 35.2 Å². The number of aliphatic hydroxyl groups is 2. The molecule has 1 aromatic rings. The van der Waals surface area contributed by atoms with E-state index in [0.29, 0.717) is 63.2 Å². The second-order valence-electron chi connectivity index (χ2n) is 16.8. The number of rotatable bonds is 13. The van der Waals surface area contributed by atoms with Gasteiger partial charge in [0.1, 0.15) is 17.4 Å². The molecule has 1 aromatic carbocycles. The number of hydrogen-bond acceptors (Lipinski definition) is 8. The fourth-order valence-corrected chi connectivity index (χ4v) is 10.8. The van der Waals surface area contributed by atoms with Crippen molar-refractivity contribution in [2.75, 3.05) is 31.1 Å². The Labute approximate surface area is 321 Å². The lowest BCUT2D eigenvalue weighted by Gasteiger charge is -2.59. The molecule has 7 rings (SSSR count). The van der Waals surface area contributed by atoms with Crippen molar-refractivity contribution in [1.82, 2.24) is 15.5 Å². The van der Waals surface area contributed by atoms with E-state index in [1.807, 2.05) is 31.2 Å². The number of aliphatic hydroxyl groups excluding tert-OH is 1. The molecule has 5 amide bonds. The normalized spacial score (nSPS) is 35.5. The number of benzene rings is 1. The van der Waals surface area contributed by atoms with Gasteiger partial charge in [-0.05, 0) is 100 Å². The van der Waals surface area contributed by atoms with Crippen molar-refractivity contribution in [3.63, 3.8) is 0 Å². The minimum Gasteiger partial charge on any atom is -0.494 e. The highest BCUT2D eigenvalue weighted by Gasteiger charge is 2.71. The monoisotopic (exact) mass is 762 g/mol. The molecule has 3 saturated carbocycles. The molecule has 298 valence electrons. The summed E-state index contributed by atoms with van der Waals surface area (Å²) in [6.45, 7) is 5.50. The van der Waals surface area contributed by atoms with Gasteiger partial charge in [0.05, 0.1) is 12.7 Å². The molecule has 4 N–H and O–H groups in total. The van der Waals surface area contributed by atoms with Crippen LogP contribution in [0.5, 0.6) is 5.75 Å². The average molecular weight is 763 g/mol. The van der Waals surface area contributed by atoms with Crippen molar-refractivity contribution in [2.24, 2.45) is 29.1 Å². The molecule has 2 saturated heterocycles. The average Bonchev–Trinajstić information content (AvgIpc) is 3.66. The van der Waals surface area contributed by atoms with Gasteiger partial charge in [-0.25, -0.2) is 9.18 Å². The van der Waals surface area contributed by atoms with Crippen LogP contribution >= 0.6 is 0 Å². The molecule has 2 aliphatic heterocycles. The van der Waals surface area contributed by atoms with E-state index in [0.717, 1.165) is 44.2 Å². The highest BCUT2D eigenvalue weighted by molar-refractivity contribution is 6.04. The van der Waals surface area contributed by atoms with Gasteiger partial charge >= 0.3 is 6.03 Å². The molecule has 6 aliphatic rings. The Morgan fingerprint density at radius 2 is 1.71 bits per heavy atom. The molecule has 12 nitrogen and oxygen atoms in total. The first kappa shape index (κ1) is 39.1. The first-order chi connectivity index (χ1) is 26.3. The topological polar surface area (TPSA) is 166 Å². The lowest BCUT2D eigenvalue weighted by Crippen LogP contribution is -2.66. The van der Waals surface area contributed by atoms with Gasteiger partial charge in [-0.1, -0.05) is 44.3 Å². The van der Waals surface area contributed by atoms with E-state index >= 15 is 4.39 Å². The number of fused-ring (bicyclic) bond motifs is 5. The maximum absolute atomic E-state index is 17.2. The molecular formula is C42H55FN4O8. The van der Waals surface area contributed by atoms with Crippen LogP contribution in [-0.4, -0.2) is 94.3 Å². The number of ketones is 1. The quantitative estimate of drug-likeness (QED) is 0.168. The van der Waals surface area contributed by atoms with Gasteiger partial charge in [0.25, 0.3) is 5.91 Å². The summed E-state index contributed by atoms with van der Waals surface area (Å²) in [7, 11) is 0.